The van der Waals surface area contributed by atoms with Crippen LogP contribution < -0.4 is 10.6 Å². The van der Waals surface area contributed by atoms with Crippen LogP contribution in [0.25, 0.3) is 11.3 Å². The van der Waals surface area contributed by atoms with Crippen LogP contribution in [-0.2, 0) is 4.79 Å². The highest BCUT2D eigenvalue weighted by atomic mass is 16.2. The zero-order chi connectivity index (χ0) is 18.1. The third kappa shape index (κ3) is 2.86. The first-order valence-corrected chi connectivity index (χ1v) is 8.43. The largest absolute Gasteiger partial charge is 0.345 e. The summed E-state index contributed by atoms with van der Waals surface area (Å²) in [4.78, 5) is 25.0. The fraction of sp³-hybridized carbons (Fsp3) is 0.150. The highest BCUT2D eigenvalue weighted by molar-refractivity contribution is 6.02. The Morgan fingerprint density at radius 2 is 1.85 bits per heavy atom. The molecule has 2 aromatic carbocycles. The lowest BCUT2D eigenvalue weighted by Gasteiger charge is -2.26. The molecule has 0 bridgehead atoms. The van der Waals surface area contributed by atoms with E-state index in [0.717, 1.165) is 16.8 Å². The first kappa shape index (κ1) is 16.1. The van der Waals surface area contributed by atoms with E-state index in [1.54, 1.807) is 0 Å². The van der Waals surface area contributed by atoms with Crippen molar-refractivity contribution in [1.82, 2.24) is 15.5 Å². The molecule has 2 amide bonds. The fourth-order valence-electron chi connectivity index (χ4n) is 3.28. The molecule has 6 nitrogen and oxygen atoms in total. The lowest BCUT2D eigenvalue weighted by molar-refractivity contribution is -0.116. The van der Waals surface area contributed by atoms with E-state index in [-0.39, 0.29) is 24.3 Å². The van der Waals surface area contributed by atoms with Crippen molar-refractivity contribution in [2.24, 2.45) is 0 Å². The Morgan fingerprint density at radius 3 is 2.65 bits per heavy atom. The lowest BCUT2D eigenvalue weighted by Crippen LogP contribution is -2.35. The van der Waals surface area contributed by atoms with Gasteiger partial charge in [-0.2, -0.15) is 5.10 Å². The monoisotopic (exact) mass is 346 g/mol. The van der Waals surface area contributed by atoms with Gasteiger partial charge in [0.1, 0.15) is 5.69 Å². The van der Waals surface area contributed by atoms with Gasteiger partial charge in [-0.15, -0.1) is 0 Å². The lowest BCUT2D eigenvalue weighted by atomic mass is 9.96. The number of carbonyl (C=O) groups excluding carboxylic acids is 2. The van der Waals surface area contributed by atoms with Crippen LogP contribution >= 0.6 is 0 Å². The molecule has 0 fully saturated rings. The minimum atomic E-state index is -0.370. The molecular formula is C20H18N4O2. The summed E-state index contributed by atoms with van der Waals surface area (Å²) in [7, 11) is 0. The number of nitrogens with one attached hydrogen (secondary N) is 3. The van der Waals surface area contributed by atoms with Crippen LogP contribution in [0.15, 0.2) is 54.6 Å². The molecule has 1 aliphatic rings. The number of fused-ring (bicyclic) bond motifs is 1. The standard InChI is InChI=1S/C20H18N4O2/c1-12-18(19(24-23-12)13-7-3-2-4-8-13)20(26)22-16-11-17(25)21-15-10-6-5-9-14(15)16/h2-10,16H,11H2,1H3,(H,21,25)(H,22,26)(H,23,24). The SMILES string of the molecule is Cc1[nH]nc(-c2ccccc2)c1C(=O)NC1CC(=O)Nc2ccccc21. The van der Waals surface area contributed by atoms with Gasteiger partial charge in [0.25, 0.3) is 5.91 Å². The molecule has 0 aliphatic carbocycles. The Bertz CT molecular complexity index is 978. The van der Waals surface area contributed by atoms with Crippen molar-refractivity contribution in [2.45, 2.75) is 19.4 Å². The number of anilines is 1. The van der Waals surface area contributed by atoms with Crippen LogP contribution in [0.3, 0.4) is 0 Å². The third-order valence-corrected chi connectivity index (χ3v) is 4.53. The number of amides is 2. The van der Waals surface area contributed by atoms with Crippen molar-refractivity contribution in [3.05, 3.63) is 71.4 Å². The maximum atomic E-state index is 13.0. The Morgan fingerprint density at radius 1 is 1.12 bits per heavy atom. The van der Waals surface area contributed by atoms with Crippen molar-refractivity contribution in [1.29, 1.82) is 0 Å². The number of H-pyrrole nitrogens is 1. The molecule has 4 rings (SSSR count). The first-order valence-electron chi connectivity index (χ1n) is 8.43. The van der Waals surface area contributed by atoms with E-state index in [2.05, 4.69) is 20.8 Å². The number of para-hydroxylation sites is 1. The summed E-state index contributed by atoms with van der Waals surface area (Å²) in [5.41, 5.74) is 4.30. The van der Waals surface area contributed by atoms with Gasteiger partial charge in [0.2, 0.25) is 5.91 Å². The van der Waals surface area contributed by atoms with Crippen molar-refractivity contribution < 1.29 is 9.59 Å². The number of aryl methyl sites for hydroxylation is 1. The van der Waals surface area contributed by atoms with Gasteiger partial charge in [-0.05, 0) is 18.6 Å². The van der Waals surface area contributed by atoms with Crippen molar-refractivity contribution in [3.63, 3.8) is 0 Å². The second-order valence-electron chi connectivity index (χ2n) is 6.30. The fourth-order valence-corrected chi connectivity index (χ4v) is 3.28. The number of aromatic amines is 1. The number of rotatable bonds is 3. The van der Waals surface area contributed by atoms with Gasteiger partial charge in [-0.1, -0.05) is 48.5 Å². The van der Waals surface area contributed by atoms with Gasteiger partial charge in [-0.3, -0.25) is 14.7 Å². The molecule has 1 atom stereocenters. The molecule has 0 saturated carbocycles. The van der Waals surface area contributed by atoms with E-state index >= 15 is 0 Å². The van der Waals surface area contributed by atoms with Gasteiger partial charge in [0.15, 0.2) is 0 Å². The van der Waals surface area contributed by atoms with Crippen molar-refractivity contribution >= 4 is 17.5 Å². The molecule has 26 heavy (non-hydrogen) atoms. The number of nitrogens with zero attached hydrogens (tertiary/aromatic N) is 1. The van der Waals surface area contributed by atoms with Gasteiger partial charge >= 0.3 is 0 Å². The average molecular weight is 346 g/mol. The predicted octanol–water partition coefficient (Wildman–Crippen LogP) is 3.20. The first-order chi connectivity index (χ1) is 12.6. The minimum Gasteiger partial charge on any atom is -0.345 e. The van der Waals surface area contributed by atoms with Crippen LogP contribution in [0.5, 0.6) is 0 Å². The number of carbonyl (C=O) groups is 2. The molecule has 130 valence electrons. The second-order valence-corrected chi connectivity index (χ2v) is 6.30. The summed E-state index contributed by atoms with van der Waals surface area (Å²) in [6.45, 7) is 1.82. The zero-order valence-corrected chi connectivity index (χ0v) is 14.2. The summed E-state index contributed by atoms with van der Waals surface area (Å²) in [6.07, 6.45) is 0.209. The molecular weight excluding hydrogens is 328 g/mol. The van der Waals surface area contributed by atoms with Crippen LogP contribution in [-0.4, -0.2) is 22.0 Å². The van der Waals surface area contributed by atoms with Gasteiger partial charge in [0, 0.05) is 16.9 Å². The average Bonchev–Trinajstić information content (AvgIpc) is 3.04. The Hall–Kier alpha value is -3.41. The Kier molecular flexibility index (Phi) is 4.01. The van der Waals surface area contributed by atoms with Gasteiger partial charge in [-0.25, -0.2) is 0 Å². The number of benzene rings is 2. The topological polar surface area (TPSA) is 86.9 Å². The van der Waals surface area contributed by atoms with E-state index in [1.165, 1.54) is 0 Å². The van der Waals surface area contributed by atoms with Crippen molar-refractivity contribution in [3.8, 4) is 11.3 Å². The van der Waals surface area contributed by atoms with Gasteiger partial charge < -0.3 is 10.6 Å². The van der Waals surface area contributed by atoms with Crippen LogP contribution in [0, 0.1) is 6.92 Å². The van der Waals surface area contributed by atoms with E-state index < -0.39 is 0 Å². The zero-order valence-electron chi connectivity index (χ0n) is 14.2. The maximum absolute atomic E-state index is 13.0. The van der Waals surface area contributed by atoms with E-state index in [1.807, 2.05) is 61.5 Å². The smallest absolute Gasteiger partial charge is 0.255 e. The van der Waals surface area contributed by atoms with E-state index in [4.69, 9.17) is 0 Å². The summed E-state index contributed by atoms with van der Waals surface area (Å²) < 4.78 is 0. The molecule has 1 aromatic heterocycles. The molecule has 0 spiro atoms. The molecule has 2 heterocycles. The summed E-state index contributed by atoms with van der Waals surface area (Å²) in [6, 6.07) is 16.7. The van der Waals surface area contributed by atoms with Crippen LogP contribution in [0.1, 0.15) is 34.1 Å². The van der Waals surface area contributed by atoms with Gasteiger partial charge in [0.05, 0.1) is 18.0 Å². The minimum absolute atomic E-state index is 0.110. The molecule has 3 aromatic rings. The molecule has 3 N–H and O–H groups in total. The number of aromatic nitrogens is 2. The second kappa shape index (κ2) is 6.48. The summed E-state index contributed by atoms with van der Waals surface area (Å²) in [5.74, 6) is -0.356. The Labute approximate surface area is 150 Å². The summed E-state index contributed by atoms with van der Waals surface area (Å²) >= 11 is 0. The summed E-state index contributed by atoms with van der Waals surface area (Å²) in [5, 5.41) is 13.0. The quantitative estimate of drug-likeness (QED) is 0.681. The number of hydrogen-bond donors (Lipinski definition) is 3. The molecule has 0 radical (unpaired) electrons. The maximum Gasteiger partial charge on any atom is 0.255 e. The predicted molar refractivity (Wildman–Crippen MR) is 98.7 cm³/mol. The Balaban J connectivity index is 1.66. The van der Waals surface area contributed by atoms with Crippen molar-refractivity contribution in [2.75, 3.05) is 5.32 Å². The number of hydrogen-bond acceptors (Lipinski definition) is 3. The highest BCUT2D eigenvalue weighted by Crippen LogP contribution is 2.31. The highest BCUT2D eigenvalue weighted by Gasteiger charge is 2.28. The third-order valence-electron chi connectivity index (χ3n) is 4.53. The van der Waals surface area contributed by atoms with E-state index in [0.29, 0.717) is 17.0 Å². The van der Waals surface area contributed by atoms with Crippen LogP contribution in [0.4, 0.5) is 5.69 Å². The van der Waals surface area contributed by atoms with Crippen LogP contribution in [0.2, 0.25) is 0 Å². The molecule has 6 heteroatoms. The molecule has 1 aliphatic heterocycles. The molecule has 0 saturated heterocycles. The molecule has 1 unspecified atom stereocenters. The van der Waals surface area contributed by atoms with E-state index in [9.17, 15) is 9.59 Å². The normalized spacial score (nSPS) is 15.9.